The Balaban J connectivity index is 0.000000193. The maximum absolute atomic E-state index is 13.6. The van der Waals surface area contributed by atoms with Crippen LogP contribution in [-0.2, 0) is 35.8 Å². The van der Waals surface area contributed by atoms with Gasteiger partial charge in [-0.05, 0) is 108 Å². The van der Waals surface area contributed by atoms with Crippen molar-refractivity contribution in [1.29, 1.82) is 0 Å². The number of carbonyl (C=O) groups is 6. The zero-order valence-corrected chi connectivity index (χ0v) is 44.6. The van der Waals surface area contributed by atoms with Crippen molar-refractivity contribution >= 4 is 69.1 Å². The maximum Gasteiger partial charge on any atom is 0.276 e. The van der Waals surface area contributed by atoms with Crippen molar-refractivity contribution in [2.75, 3.05) is 34.8 Å². The van der Waals surface area contributed by atoms with Gasteiger partial charge in [-0.15, -0.1) is 0 Å². The third kappa shape index (κ3) is 13.9. The zero-order chi connectivity index (χ0) is 56.3. The molecular formula is C58H59ClF2N12O6. The molecule has 5 amide bonds. The number of rotatable bonds is 13. The number of nitrogens with zero attached hydrogens (tertiary/aromatic N) is 6. The highest BCUT2D eigenvalue weighted by Crippen LogP contribution is 2.34. The van der Waals surface area contributed by atoms with Gasteiger partial charge in [0.05, 0.1) is 26.2 Å². The first-order valence-corrected chi connectivity index (χ1v) is 26.0. The molecule has 0 spiro atoms. The number of benzene rings is 4. The van der Waals surface area contributed by atoms with Gasteiger partial charge in [-0.2, -0.15) is 10.2 Å². The number of H-pyrrole nitrogens is 2. The van der Waals surface area contributed by atoms with Gasteiger partial charge in [0.25, 0.3) is 23.6 Å². The van der Waals surface area contributed by atoms with Crippen LogP contribution >= 0.6 is 11.6 Å². The summed E-state index contributed by atoms with van der Waals surface area (Å²) >= 11 is 4.82. The first-order chi connectivity index (χ1) is 38.0. The van der Waals surface area contributed by atoms with E-state index in [1.807, 2.05) is 13.8 Å². The van der Waals surface area contributed by atoms with Crippen molar-refractivity contribution in [3.63, 3.8) is 0 Å². The van der Waals surface area contributed by atoms with E-state index in [4.69, 9.17) is 22.4 Å². The number of halogens is 3. The molecule has 408 valence electrons. The van der Waals surface area contributed by atoms with Crippen molar-refractivity contribution in [2.45, 2.75) is 78.6 Å². The van der Waals surface area contributed by atoms with Gasteiger partial charge in [0.2, 0.25) is 11.1 Å². The lowest BCUT2D eigenvalue weighted by molar-refractivity contribution is -0.116. The van der Waals surface area contributed by atoms with Crippen molar-refractivity contribution in [2.24, 2.45) is 0 Å². The number of amides is 5. The Morgan fingerprint density at radius 2 is 1.01 bits per heavy atom. The fourth-order valence-corrected chi connectivity index (χ4v) is 9.41. The smallest absolute Gasteiger partial charge is 0.276 e. The number of carbonyl (C=O) groups excluding carboxylic acids is 6. The van der Waals surface area contributed by atoms with Crippen molar-refractivity contribution in [3.8, 4) is 0 Å². The number of fused-ring (bicyclic) bond motifs is 2. The van der Waals surface area contributed by atoms with Crippen LogP contribution in [0.5, 0.6) is 0 Å². The van der Waals surface area contributed by atoms with Crippen molar-refractivity contribution in [1.82, 2.24) is 39.3 Å². The van der Waals surface area contributed by atoms with Gasteiger partial charge in [-0.1, -0.05) is 64.1 Å². The minimum Gasteiger partial charge on any atom is -0.399 e. The van der Waals surface area contributed by atoms with Gasteiger partial charge >= 0.3 is 0 Å². The molecule has 0 saturated carbocycles. The van der Waals surface area contributed by atoms with Crippen LogP contribution in [0.25, 0.3) is 0 Å². The van der Waals surface area contributed by atoms with Gasteiger partial charge in [0.15, 0.2) is 11.4 Å². The standard InChI is InChI=1S/C29H29FN6O3.C26H25FN6O2.C3H5ClO/c1-3-25(37)32-21-6-4-7-22(14-21)33-28(38)26-23-17-35(29(39)24-8-5-13-31-24)15-18(2)27(23)36(34-26)16-19-9-11-20(30)12-10-19;1-16-13-32(26(35)22-6-3-11-29-22)15-21-23(25(34)30-20-5-2-4-19(28)12-20)31-33(24(16)21)14-17-7-9-18(27)10-8-17;1-2-3(4)5/h4-14,18,31H,3,15-17H2,1-2H3,(H,32,37)(H,33,38);2-12,16,29H,13-15,28H2,1H3,(H,30,34);2H2,1H3. The lowest BCUT2D eigenvalue weighted by Crippen LogP contribution is -2.38. The third-order valence-corrected chi connectivity index (χ3v) is 13.4. The molecule has 0 aliphatic carbocycles. The number of aromatic nitrogens is 6. The molecule has 0 fully saturated rings. The molecule has 0 saturated heterocycles. The molecule has 2 aliphatic heterocycles. The van der Waals surface area contributed by atoms with Crippen LogP contribution in [0.4, 0.5) is 31.5 Å². The van der Waals surface area contributed by atoms with E-state index in [1.165, 1.54) is 24.3 Å². The molecular weight excluding hydrogens is 1030 g/mol. The van der Waals surface area contributed by atoms with Crippen LogP contribution < -0.4 is 21.7 Å². The van der Waals surface area contributed by atoms with Crippen LogP contribution in [0.15, 0.2) is 134 Å². The molecule has 4 aromatic heterocycles. The first-order valence-electron chi connectivity index (χ1n) is 25.6. The summed E-state index contributed by atoms with van der Waals surface area (Å²) in [6.07, 6.45) is 4.17. The molecule has 2 aliphatic rings. The molecule has 18 nitrogen and oxygen atoms in total. The second-order valence-corrected chi connectivity index (χ2v) is 19.5. The Kier molecular flexibility index (Phi) is 18.0. The third-order valence-electron chi connectivity index (χ3n) is 13.1. The van der Waals surface area contributed by atoms with E-state index in [1.54, 1.807) is 142 Å². The quantitative estimate of drug-likeness (QED) is 0.0475. The highest BCUT2D eigenvalue weighted by molar-refractivity contribution is 6.63. The Labute approximate surface area is 459 Å². The topological polar surface area (TPSA) is 238 Å². The molecule has 0 radical (unpaired) electrons. The molecule has 8 aromatic rings. The van der Waals surface area contributed by atoms with Crippen LogP contribution in [0.1, 0.15) is 128 Å². The second kappa shape index (κ2) is 25.3. The summed E-state index contributed by atoms with van der Waals surface area (Å²) in [5.41, 5.74) is 14.3. The Hall–Kier alpha value is -9.17. The molecule has 79 heavy (non-hydrogen) atoms. The van der Waals surface area contributed by atoms with Crippen LogP contribution in [-0.4, -0.2) is 87.2 Å². The number of nitrogens with one attached hydrogen (secondary N) is 5. The van der Waals surface area contributed by atoms with Gasteiger partial charge in [-0.3, -0.25) is 38.1 Å². The number of hydrogen-bond acceptors (Lipinski definition) is 9. The predicted octanol–water partition coefficient (Wildman–Crippen LogP) is 9.91. The van der Waals surface area contributed by atoms with E-state index < -0.39 is 5.91 Å². The predicted molar refractivity (Wildman–Crippen MR) is 297 cm³/mol. The second-order valence-electron chi connectivity index (χ2n) is 19.1. The van der Waals surface area contributed by atoms with Crippen molar-refractivity contribution in [3.05, 3.63) is 202 Å². The van der Waals surface area contributed by atoms with Crippen LogP contribution in [0.3, 0.4) is 0 Å². The molecule has 10 rings (SSSR count). The highest BCUT2D eigenvalue weighted by Gasteiger charge is 2.36. The molecule has 21 heteroatoms. The Morgan fingerprint density at radius 3 is 1.41 bits per heavy atom. The summed E-state index contributed by atoms with van der Waals surface area (Å²) in [7, 11) is 0. The van der Waals surface area contributed by atoms with E-state index in [0.717, 1.165) is 22.5 Å². The lowest BCUT2D eigenvalue weighted by atomic mass is 9.95. The molecule has 7 N–H and O–H groups in total. The number of nitrogens with two attached hydrogens (primary N) is 1. The van der Waals surface area contributed by atoms with E-state index >= 15 is 0 Å². The van der Waals surface area contributed by atoms with E-state index in [-0.39, 0.29) is 76.8 Å². The maximum atomic E-state index is 13.6. The molecule has 4 aromatic carbocycles. The Morgan fingerprint density at radius 1 is 0.595 bits per heavy atom. The average Bonchev–Trinajstić information content (AvgIpc) is 4.50. The van der Waals surface area contributed by atoms with Gasteiger partial charge in [-0.25, -0.2) is 8.78 Å². The summed E-state index contributed by atoms with van der Waals surface area (Å²) in [5, 5.41) is 17.6. The average molecular weight is 1090 g/mol. The fourth-order valence-electron chi connectivity index (χ4n) is 9.41. The van der Waals surface area contributed by atoms with E-state index in [9.17, 15) is 37.5 Å². The minimum absolute atomic E-state index is 0.0699. The summed E-state index contributed by atoms with van der Waals surface area (Å²) in [5.74, 6) is -2.05. The molecule has 6 heterocycles. The fraction of sp³-hybridized carbons (Fsp3) is 0.241. The summed E-state index contributed by atoms with van der Waals surface area (Å²) in [4.78, 5) is 83.9. The monoisotopic (exact) mass is 1090 g/mol. The summed E-state index contributed by atoms with van der Waals surface area (Å²) < 4.78 is 30.5. The first kappa shape index (κ1) is 56.0. The van der Waals surface area contributed by atoms with Crippen molar-refractivity contribution < 1.29 is 37.5 Å². The number of anilines is 4. The summed E-state index contributed by atoms with van der Waals surface area (Å²) in [6.45, 7) is 9.62. The highest BCUT2D eigenvalue weighted by atomic mass is 35.5. The zero-order valence-electron chi connectivity index (χ0n) is 43.9. The van der Waals surface area contributed by atoms with E-state index in [2.05, 4.69) is 31.0 Å². The number of nitrogen functional groups attached to an aromatic ring is 1. The largest absolute Gasteiger partial charge is 0.399 e. The van der Waals surface area contributed by atoms with Crippen LogP contribution in [0.2, 0.25) is 0 Å². The van der Waals surface area contributed by atoms with Gasteiger partial charge in [0.1, 0.15) is 23.0 Å². The van der Waals surface area contributed by atoms with Gasteiger partial charge in [0, 0.05) is 95.4 Å². The normalized spacial score (nSPS) is 14.3. The van der Waals surface area contributed by atoms with Gasteiger partial charge < -0.3 is 41.5 Å². The SMILES string of the molecule is CC1CN(C(=O)c2ccc[nH]2)Cc2c(C(=O)Nc3cccc(N)c3)nn(Cc3ccc(F)cc3)c21.CCC(=O)Cl.CCC(=O)Nc1cccc(NC(=O)c2nn(Cc3ccc(F)cc3)c3c2CN(C(=O)c2ccc[nH]2)CC3C)c1. The molecule has 0 bridgehead atoms. The Bertz CT molecular complexity index is 3470. The molecule has 2 atom stereocenters. The minimum atomic E-state index is -0.426. The lowest BCUT2D eigenvalue weighted by Gasteiger charge is -2.32. The van der Waals surface area contributed by atoms with E-state index in [0.29, 0.717) is 84.3 Å². The summed E-state index contributed by atoms with van der Waals surface area (Å²) in [6, 6.07) is 33.2. The molecule has 2 unspecified atom stereocenters. The number of hydrogen-bond donors (Lipinski definition) is 6. The number of aromatic amines is 2. The van der Waals surface area contributed by atoms with Crippen LogP contribution in [0, 0.1) is 11.6 Å².